The van der Waals surface area contributed by atoms with E-state index in [0.29, 0.717) is 0 Å². The van der Waals surface area contributed by atoms with Crippen LogP contribution in [0.1, 0.15) is 10.4 Å². The highest BCUT2D eigenvalue weighted by atomic mass is 79.9. The molecule has 88 valence electrons. The highest BCUT2D eigenvalue weighted by molar-refractivity contribution is 9.09. The van der Waals surface area contributed by atoms with Gasteiger partial charge in [0.25, 0.3) is 0 Å². The molecule has 7 heteroatoms. The summed E-state index contributed by atoms with van der Waals surface area (Å²) in [7, 11) is 0. The monoisotopic (exact) mass is 298 g/mol. The molecule has 0 amide bonds. The van der Waals surface area contributed by atoms with Gasteiger partial charge in [0, 0.05) is 6.07 Å². The van der Waals surface area contributed by atoms with Crippen LogP contribution < -0.4 is 4.74 Å². The first kappa shape index (κ1) is 12.8. The Morgan fingerprint density at radius 1 is 1.44 bits per heavy atom. The number of ether oxygens (including phenoxy) is 1. The van der Waals surface area contributed by atoms with Crippen molar-refractivity contribution in [2.24, 2.45) is 0 Å². The number of aromatic hydroxyl groups is 1. The molecule has 0 saturated heterocycles. The molecule has 3 nitrogen and oxygen atoms in total. The van der Waals surface area contributed by atoms with Crippen LogP contribution in [-0.4, -0.2) is 22.6 Å². The van der Waals surface area contributed by atoms with Crippen molar-refractivity contribution in [3.05, 3.63) is 23.8 Å². The van der Waals surface area contributed by atoms with Crippen LogP contribution in [0, 0.1) is 0 Å². The second-order valence-electron chi connectivity index (χ2n) is 2.79. The van der Waals surface area contributed by atoms with Crippen LogP contribution in [0.2, 0.25) is 0 Å². The number of carbonyl (C=O) groups is 1. The summed E-state index contributed by atoms with van der Waals surface area (Å²) in [6.07, 6.45) is -4.91. The van der Waals surface area contributed by atoms with E-state index in [4.69, 9.17) is 5.11 Å². The Bertz CT molecular complexity index is 403. The predicted molar refractivity (Wildman–Crippen MR) is 52.9 cm³/mol. The molecule has 0 fully saturated rings. The van der Waals surface area contributed by atoms with Crippen molar-refractivity contribution < 1.29 is 27.8 Å². The Balaban J connectivity index is 3.13. The van der Waals surface area contributed by atoms with Gasteiger partial charge in [0.05, 0.1) is 10.9 Å². The molecule has 1 rings (SSSR count). The summed E-state index contributed by atoms with van der Waals surface area (Å²) in [6, 6.07) is 2.92. The lowest BCUT2D eigenvalue weighted by Gasteiger charge is -2.12. The molecule has 0 aromatic heterocycles. The van der Waals surface area contributed by atoms with Crippen LogP contribution in [0.3, 0.4) is 0 Å². The summed E-state index contributed by atoms with van der Waals surface area (Å²) in [5.41, 5.74) is -0.244. The molecule has 1 aromatic carbocycles. The molecule has 16 heavy (non-hydrogen) atoms. The van der Waals surface area contributed by atoms with Crippen molar-refractivity contribution in [3.63, 3.8) is 0 Å². The Morgan fingerprint density at radius 3 is 2.56 bits per heavy atom. The van der Waals surface area contributed by atoms with Crippen molar-refractivity contribution in [2.75, 3.05) is 5.33 Å². The van der Waals surface area contributed by atoms with Crippen LogP contribution in [-0.2, 0) is 0 Å². The fourth-order valence-electron chi connectivity index (χ4n) is 1.02. The molecular weight excluding hydrogens is 293 g/mol. The van der Waals surface area contributed by atoms with Gasteiger partial charge in [0.15, 0.2) is 5.78 Å². The molecule has 0 saturated carbocycles. The number of halogens is 4. The maximum atomic E-state index is 12.0. The molecule has 0 aliphatic heterocycles. The minimum absolute atomic E-state index is 0.133. The zero-order valence-corrected chi connectivity index (χ0v) is 9.30. The van der Waals surface area contributed by atoms with E-state index >= 15 is 0 Å². The number of phenols is 1. The third-order valence-corrected chi connectivity index (χ3v) is 2.12. The molecule has 0 unspecified atom stereocenters. The van der Waals surface area contributed by atoms with E-state index in [2.05, 4.69) is 20.7 Å². The number of carbonyl (C=O) groups excluding carboxylic acids is 1. The largest absolute Gasteiger partial charge is 0.573 e. The zero-order valence-electron chi connectivity index (χ0n) is 7.71. The van der Waals surface area contributed by atoms with Gasteiger partial charge in [-0.15, -0.1) is 13.2 Å². The molecule has 0 aliphatic carbocycles. The maximum Gasteiger partial charge on any atom is 0.573 e. The fourth-order valence-corrected chi connectivity index (χ4v) is 1.32. The van der Waals surface area contributed by atoms with Gasteiger partial charge < -0.3 is 9.84 Å². The van der Waals surface area contributed by atoms with Gasteiger partial charge in [0.1, 0.15) is 11.5 Å². The van der Waals surface area contributed by atoms with Gasteiger partial charge in [-0.2, -0.15) is 0 Å². The first-order valence-corrected chi connectivity index (χ1v) is 5.13. The van der Waals surface area contributed by atoms with Gasteiger partial charge in [-0.1, -0.05) is 15.9 Å². The average molecular weight is 299 g/mol. The SMILES string of the molecule is O=C(CBr)c1ccc(O)cc1OC(F)(F)F. The Hall–Kier alpha value is -1.24. The first-order valence-electron chi connectivity index (χ1n) is 4.01. The second kappa shape index (κ2) is 4.73. The van der Waals surface area contributed by atoms with Crippen LogP contribution in [0.5, 0.6) is 11.5 Å². The second-order valence-corrected chi connectivity index (χ2v) is 3.35. The molecule has 1 N–H and O–H groups in total. The maximum absolute atomic E-state index is 12.0. The van der Waals surface area contributed by atoms with Crippen LogP contribution in [0.15, 0.2) is 18.2 Å². The van der Waals surface area contributed by atoms with Gasteiger partial charge >= 0.3 is 6.36 Å². The molecule has 0 atom stereocenters. The van der Waals surface area contributed by atoms with E-state index < -0.39 is 23.6 Å². The lowest BCUT2D eigenvalue weighted by atomic mass is 10.1. The third-order valence-electron chi connectivity index (χ3n) is 1.61. The minimum Gasteiger partial charge on any atom is -0.508 e. The van der Waals surface area contributed by atoms with Crippen molar-refractivity contribution in [1.82, 2.24) is 0 Å². The van der Waals surface area contributed by atoms with E-state index in [-0.39, 0.29) is 10.9 Å². The van der Waals surface area contributed by atoms with Crippen molar-refractivity contribution in [1.29, 1.82) is 0 Å². The van der Waals surface area contributed by atoms with E-state index in [0.717, 1.165) is 18.2 Å². The zero-order chi connectivity index (χ0) is 12.3. The molecule has 0 heterocycles. The number of hydrogen-bond acceptors (Lipinski definition) is 3. The topological polar surface area (TPSA) is 46.5 Å². The van der Waals surface area contributed by atoms with E-state index in [1.54, 1.807) is 0 Å². The Kier molecular flexibility index (Phi) is 3.79. The smallest absolute Gasteiger partial charge is 0.508 e. The predicted octanol–water partition coefficient (Wildman–Crippen LogP) is 2.87. The van der Waals surface area contributed by atoms with Crippen molar-refractivity contribution in [2.45, 2.75) is 6.36 Å². The molecule has 1 aromatic rings. The average Bonchev–Trinajstić information content (AvgIpc) is 2.14. The van der Waals surface area contributed by atoms with E-state index in [1.165, 1.54) is 0 Å². The lowest BCUT2D eigenvalue weighted by Crippen LogP contribution is -2.19. The standard InChI is InChI=1S/C9H6BrF3O3/c10-4-7(15)6-2-1-5(14)3-8(6)16-9(11,12)13/h1-3,14H,4H2. The van der Waals surface area contributed by atoms with Gasteiger partial charge in [-0.3, -0.25) is 4.79 Å². The number of alkyl halides is 4. The number of Topliss-reactive ketones (excluding diaryl/α,β-unsaturated/α-hetero) is 1. The van der Waals surface area contributed by atoms with Gasteiger partial charge in [-0.25, -0.2) is 0 Å². The quantitative estimate of drug-likeness (QED) is 0.689. The van der Waals surface area contributed by atoms with Crippen molar-refractivity contribution >= 4 is 21.7 Å². The van der Waals surface area contributed by atoms with Crippen molar-refractivity contribution in [3.8, 4) is 11.5 Å². The van der Waals surface area contributed by atoms with Crippen LogP contribution in [0.4, 0.5) is 13.2 Å². The fraction of sp³-hybridized carbons (Fsp3) is 0.222. The highest BCUT2D eigenvalue weighted by Gasteiger charge is 2.33. The van der Waals surface area contributed by atoms with Gasteiger partial charge in [0.2, 0.25) is 0 Å². The molecule has 0 aliphatic rings. The molecule has 0 bridgehead atoms. The minimum atomic E-state index is -4.91. The summed E-state index contributed by atoms with van der Waals surface area (Å²) in [6.45, 7) is 0. The normalized spacial score (nSPS) is 11.2. The summed E-state index contributed by atoms with van der Waals surface area (Å²) < 4.78 is 39.6. The van der Waals surface area contributed by atoms with Crippen LogP contribution >= 0.6 is 15.9 Å². The number of benzene rings is 1. The number of ketones is 1. The number of rotatable bonds is 3. The Labute approximate surface area is 97.0 Å². The summed E-state index contributed by atoms with van der Waals surface area (Å²) >= 11 is 2.83. The highest BCUT2D eigenvalue weighted by Crippen LogP contribution is 2.30. The lowest BCUT2D eigenvalue weighted by molar-refractivity contribution is -0.274. The first-order chi connectivity index (χ1) is 7.33. The molecule has 0 spiro atoms. The van der Waals surface area contributed by atoms with Crippen LogP contribution in [0.25, 0.3) is 0 Å². The number of hydrogen-bond donors (Lipinski definition) is 1. The van der Waals surface area contributed by atoms with E-state index in [1.807, 2.05) is 0 Å². The summed E-state index contributed by atoms with van der Waals surface area (Å²) in [5.74, 6) is -1.69. The molecule has 0 radical (unpaired) electrons. The summed E-state index contributed by atoms with van der Waals surface area (Å²) in [5, 5.41) is 8.89. The molecular formula is C9H6BrF3O3. The van der Waals surface area contributed by atoms with Gasteiger partial charge in [-0.05, 0) is 12.1 Å². The summed E-state index contributed by atoms with van der Waals surface area (Å²) in [4.78, 5) is 11.3. The van der Waals surface area contributed by atoms with E-state index in [9.17, 15) is 18.0 Å². The Morgan fingerprint density at radius 2 is 2.06 bits per heavy atom. The third kappa shape index (κ3) is 3.41. The number of phenolic OH excluding ortho intramolecular Hbond substituents is 1.